The summed E-state index contributed by atoms with van der Waals surface area (Å²) in [5.41, 5.74) is 7.56. The van der Waals surface area contributed by atoms with Gasteiger partial charge in [0.15, 0.2) is 0 Å². The molecule has 0 aliphatic carbocycles. The number of thiazole rings is 1. The molecule has 1 atom stereocenters. The number of amides is 1. The monoisotopic (exact) mass is 417 g/mol. The zero-order valence-electron chi connectivity index (χ0n) is 15.5. The third-order valence-corrected chi connectivity index (χ3v) is 4.79. The lowest BCUT2D eigenvalue weighted by Gasteiger charge is -2.31. The van der Waals surface area contributed by atoms with E-state index in [1.165, 1.54) is 5.56 Å². The van der Waals surface area contributed by atoms with E-state index < -0.39 is 0 Å². The largest absolute Gasteiger partial charge is 0.349 e. The molecule has 0 fully saturated rings. The van der Waals surface area contributed by atoms with Gasteiger partial charge in [-0.2, -0.15) is 0 Å². The van der Waals surface area contributed by atoms with Gasteiger partial charge < -0.3 is 11.1 Å². The molecule has 0 bridgehead atoms. The van der Waals surface area contributed by atoms with E-state index in [0.717, 1.165) is 23.5 Å². The van der Waals surface area contributed by atoms with Gasteiger partial charge in [-0.05, 0) is 24.8 Å². The highest BCUT2D eigenvalue weighted by molar-refractivity contribution is 7.09. The molecule has 26 heavy (non-hydrogen) atoms. The molecule has 3 N–H and O–H groups in total. The van der Waals surface area contributed by atoms with Gasteiger partial charge in [-0.25, -0.2) is 4.98 Å². The van der Waals surface area contributed by atoms with Gasteiger partial charge >= 0.3 is 0 Å². The first-order valence-electron chi connectivity index (χ1n) is 8.38. The Kier molecular flexibility index (Phi) is 11.0. The number of hydrogen-bond acceptors (Lipinski definition) is 4. The van der Waals surface area contributed by atoms with Crippen LogP contribution in [0.3, 0.4) is 0 Å². The van der Waals surface area contributed by atoms with Crippen molar-refractivity contribution >= 4 is 42.1 Å². The van der Waals surface area contributed by atoms with Gasteiger partial charge in [0.05, 0.1) is 17.1 Å². The van der Waals surface area contributed by atoms with Gasteiger partial charge in [0.2, 0.25) is 5.91 Å². The van der Waals surface area contributed by atoms with Crippen molar-refractivity contribution < 1.29 is 4.79 Å². The van der Waals surface area contributed by atoms with E-state index in [-0.39, 0.29) is 36.3 Å². The molecule has 0 saturated carbocycles. The predicted octanol–water partition coefficient (Wildman–Crippen LogP) is 4.00. The molecule has 1 heterocycles. The summed E-state index contributed by atoms with van der Waals surface area (Å²) in [5.74, 6) is 0.468. The molecular formula is C19H29Cl2N3OS. The second kappa shape index (κ2) is 11.5. The lowest BCUT2D eigenvalue weighted by atomic mass is 9.90. The molecule has 0 aliphatic heterocycles. The number of aromatic nitrogens is 1. The van der Waals surface area contributed by atoms with Crippen molar-refractivity contribution in [3.05, 3.63) is 52.0 Å². The number of carbonyl (C=O) groups excluding carboxylic acids is 1. The van der Waals surface area contributed by atoms with Gasteiger partial charge in [0, 0.05) is 23.9 Å². The molecule has 0 spiro atoms. The normalized spacial score (nSPS) is 12.7. The van der Waals surface area contributed by atoms with Crippen LogP contribution in [-0.2, 0) is 17.6 Å². The Morgan fingerprint density at radius 1 is 1.27 bits per heavy atom. The van der Waals surface area contributed by atoms with Crippen LogP contribution in [0.1, 0.15) is 43.5 Å². The molecule has 4 nitrogen and oxygen atoms in total. The number of benzene rings is 1. The SMILES string of the molecule is CC(C)CC(C)(CN)NC(=O)Cc1csc(Cc2ccccc2)n1.Cl.Cl. The Bertz CT molecular complexity index is 664. The first-order valence-corrected chi connectivity index (χ1v) is 9.26. The van der Waals surface area contributed by atoms with Crippen LogP contribution in [0.25, 0.3) is 0 Å². The molecule has 0 saturated heterocycles. The molecule has 0 aliphatic rings. The first kappa shape index (κ1) is 24.9. The molecule has 0 radical (unpaired) electrons. The topological polar surface area (TPSA) is 68.0 Å². The highest BCUT2D eigenvalue weighted by Crippen LogP contribution is 2.17. The summed E-state index contributed by atoms with van der Waals surface area (Å²) in [6, 6.07) is 10.2. The molecule has 1 unspecified atom stereocenters. The zero-order valence-corrected chi connectivity index (χ0v) is 18.0. The van der Waals surface area contributed by atoms with E-state index in [0.29, 0.717) is 18.9 Å². The molecule has 1 aromatic carbocycles. The summed E-state index contributed by atoms with van der Waals surface area (Å²) in [5, 5.41) is 6.09. The number of rotatable bonds is 8. The van der Waals surface area contributed by atoms with Crippen molar-refractivity contribution in [1.29, 1.82) is 0 Å². The van der Waals surface area contributed by atoms with Crippen molar-refractivity contribution in [2.24, 2.45) is 11.7 Å². The Hall–Kier alpha value is -1.14. The average molecular weight is 418 g/mol. The molecule has 2 aromatic rings. The van der Waals surface area contributed by atoms with Crippen LogP contribution in [0.4, 0.5) is 0 Å². The van der Waals surface area contributed by atoms with Gasteiger partial charge in [-0.3, -0.25) is 4.79 Å². The standard InChI is InChI=1S/C19H27N3OS.2ClH/c1-14(2)11-19(3,13-20)22-17(23)10-16-12-24-18(21-16)9-15-7-5-4-6-8-15;;/h4-8,12,14H,9-11,13,20H2,1-3H3,(H,22,23);2*1H. The van der Waals surface area contributed by atoms with Crippen molar-refractivity contribution in [2.75, 3.05) is 6.54 Å². The van der Waals surface area contributed by atoms with Crippen molar-refractivity contribution in [3.8, 4) is 0 Å². The van der Waals surface area contributed by atoms with Crippen LogP contribution in [0.5, 0.6) is 0 Å². The molecule has 1 amide bonds. The van der Waals surface area contributed by atoms with Crippen LogP contribution in [0, 0.1) is 5.92 Å². The van der Waals surface area contributed by atoms with Crippen LogP contribution >= 0.6 is 36.2 Å². The van der Waals surface area contributed by atoms with Gasteiger partial charge in [0.1, 0.15) is 0 Å². The Balaban J connectivity index is 0.00000312. The second-order valence-electron chi connectivity index (χ2n) is 6.98. The molecular weight excluding hydrogens is 389 g/mol. The van der Waals surface area contributed by atoms with Gasteiger partial charge in [-0.15, -0.1) is 36.2 Å². The maximum absolute atomic E-state index is 12.3. The van der Waals surface area contributed by atoms with Crippen LogP contribution in [0.2, 0.25) is 0 Å². The van der Waals surface area contributed by atoms with Gasteiger partial charge in [0.25, 0.3) is 0 Å². The summed E-state index contributed by atoms with van der Waals surface area (Å²) in [6.07, 6.45) is 1.98. The third-order valence-electron chi connectivity index (χ3n) is 3.89. The lowest BCUT2D eigenvalue weighted by Crippen LogP contribution is -2.52. The molecule has 7 heteroatoms. The zero-order chi connectivity index (χ0) is 17.6. The second-order valence-corrected chi connectivity index (χ2v) is 7.93. The lowest BCUT2D eigenvalue weighted by molar-refractivity contribution is -0.122. The number of hydrogen-bond donors (Lipinski definition) is 2. The van der Waals surface area contributed by atoms with E-state index >= 15 is 0 Å². The quantitative estimate of drug-likeness (QED) is 0.681. The van der Waals surface area contributed by atoms with E-state index in [4.69, 9.17) is 5.73 Å². The number of nitrogens with one attached hydrogen (secondary N) is 1. The van der Waals surface area contributed by atoms with Crippen molar-refractivity contribution in [3.63, 3.8) is 0 Å². The fourth-order valence-corrected chi connectivity index (χ4v) is 3.74. The Labute approximate surface area is 172 Å². The van der Waals surface area contributed by atoms with E-state index in [1.54, 1.807) is 11.3 Å². The predicted molar refractivity (Wildman–Crippen MR) is 115 cm³/mol. The van der Waals surface area contributed by atoms with Crippen molar-refractivity contribution in [1.82, 2.24) is 10.3 Å². The van der Waals surface area contributed by atoms with Crippen LogP contribution < -0.4 is 11.1 Å². The fraction of sp³-hybridized carbons (Fsp3) is 0.474. The van der Waals surface area contributed by atoms with Gasteiger partial charge in [-0.1, -0.05) is 44.2 Å². The first-order chi connectivity index (χ1) is 11.4. The highest BCUT2D eigenvalue weighted by Gasteiger charge is 2.26. The molecule has 2 rings (SSSR count). The van der Waals surface area contributed by atoms with E-state index in [1.807, 2.05) is 30.5 Å². The number of carbonyl (C=O) groups is 1. The summed E-state index contributed by atoms with van der Waals surface area (Å²) in [6.45, 7) is 6.72. The summed E-state index contributed by atoms with van der Waals surface area (Å²) >= 11 is 1.60. The number of halogens is 2. The highest BCUT2D eigenvalue weighted by atomic mass is 35.5. The fourth-order valence-electron chi connectivity index (χ4n) is 2.91. The summed E-state index contributed by atoms with van der Waals surface area (Å²) in [4.78, 5) is 16.9. The summed E-state index contributed by atoms with van der Waals surface area (Å²) < 4.78 is 0. The van der Waals surface area contributed by atoms with Crippen LogP contribution in [0.15, 0.2) is 35.7 Å². The third kappa shape index (κ3) is 8.04. The van der Waals surface area contributed by atoms with Crippen molar-refractivity contribution in [2.45, 2.75) is 45.6 Å². The Morgan fingerprint density at radius 2 is 1.92 bits per heavy atom. The van der Waals surface area contributed by atoms with E-state index in [2.05, 4.69) is 36.3 Å². The molecule has 1 aromatic heterocycles. The average Bonchev–Trinajstić information content (AvgIpc) is 2.94. The minimum atomic E-state index is -0.353. The Morgan fingerprint density at radius 3 is 2.50 bits per heavy atom. The maximum Gasteiger partial charge on any atom is 0.226 e. The number of nitrogens with two attached hydrogens (primary N) is 1. The number of nitrogens with zero attached hydrogens (tertiary/aromatic N) is 1. The maximum atomic E-state index is 12.3. The minimum Gasteiger partial charge on any atom is -0.349 e. The minimum absolute atomic E-state index is 0. The summed E-state index contributed by atoms with van der Waals surface area (Å²) in [7, 11) is 0. The molecule has 146 valence electrons. The smallest absolute Gasteiger partial charge is 0.226 e. The van der Waals surface area contributed by atoms with Crippen LogP contribution in [-0.4, -0.2) is 23.0 Å². The van der Waals surface area contributed by atoms with E-state index in [9.17, 15) is 4.79 Å².